The van der Waals surface area contributed by atoms with Crippen molar-refractivity contribution in [2.45, 2.75) is 12.5 Å². The van der Waals surface area contributed by atoms with Gasteiger partial charge in [-0.25, -0.2) is 4.39 Å². The third-order valence-corrected chi connectivity index (χ3v) is 2.56. The summed E-state index contributed by atoms with van der Waals surface area (Å²) in [6.07, 6.45) is 0. The highest BCUT2D eigenvalue weighted by atomic mass is 19.1. The van der Waals surface area contributed by atoms with Crippen molar-refractivity contribution >= 4 is 5.97 Å². The lowest BCUT2D eigenvalue weighted by Gasteiger charge is -2.16. The quantitative estimate of drug-likeness (QED) is 0.797. The van der Waals surface area contributed by atoms with Crippen LogP contribution in [0.1, 0.15) is 17.0 Å². The second-order valence-electron chi connectivity index (χ2n) is 3.76. The first-order chi connectivity index (χ1) is 8.54. The van der Waals surface area contributed by atoms with Gasteiger partial charge in [0.05, 0.1) is 19.6 Å². The Hall–Kier alpha value is -1.66. The normalized spacial score (nSPS) is 12.2. The predicted molar refractivity (Wildman–Crippen MR) is 63.1 cm³/mol. The summed E-state index contributed by atoms with van der Waals surface area (Å²) in [5, 5.41) is 9.07. The fraction of sp³-hybridized carbons (Fsp3) is 0.417. The molecule has 18 heavy (non-hydrogen) atoms. The summed E-state index contributed by atoms with van der Waals surface area (Å²) >= 11 is 0. The van der Waals surface area contributed by atoms with Gasteiger partial charge in [0, 0.05) is 19.2 Å². The lowest BCUT2D eigenvalue weighted by atomic mass is 9.96. The van der Waals surface area contributed by atoms with E-state index in [1.54, 1.807) is 0 Å². The number of benzene rings is 1. The maximum atomic E-state index is 13.8. The molecule has 0 heterocycles. The highest BCUT2D eigenvalue weighted by Crippen LogP contribution is 2.31. The fourth-order valence-corrected chi connectivity index (χ4v) is 1.76. The first-order valence-corrected chi connectivity index (χ1v) is 5.33. The molecule has 3 N–H and O–H groups in total. The number of hydrogen-bond acceptors (Lipinski definition) is 4. The summed E-state index contributed by atoms with van der Waals surface area (Å²) in [6.45, 7) is 0.0480. The van der Waals surface area contributed by atoms with E-state index in [-0.39, 0.29) is 24.5 Å². The van der Waals surface area contributed by atoms with Crippen molar-refractivity contribution < 1.29 is 23.8 Å². The van der Waals surface area contributed by atoms with Crippen LogP contribution in [-0.2, 0) is 16.1 Å². The molecule has 0 saturated heterocycles. The van der Waals surface area contributed by atoms with Crippen LogP contribution in [0.4, 0.5) is 4.39 Å². The summed E-state index contributed by atoms with van der Waals surface area (Å²) in [4.78, 5) is 11.1. The fourth-order valence-electron chi connectivity index (χ4n) is 1.76. The molecular formula is C12H16FNO4. The van der Waals surface area contributed by atoms with Gasteiger partial charge in [-0.3, -0.25) is 4.79 Å². The van der Waals surface area contributed by atoms with Gasteiger partial charge in [0.1, 0.15) is 0 Å². The van der Waals surface area contributed by atoms with E-state index in [1.165, 1.54) is 26.4 Å². The van der Waals surface area contributed by atoms with Crippen molar-refractivity contribution in [3.8, 4) is 5.75 Å². The minimum absolute atomic E-state index is 0.0901. The molecule has 0 radical (unpaired) electrons. The lowest BCUT2D eigenvalue weighted by molar-refractivity contribution is -0.138. The topological polar surface area (TPSA) is 81.8 Å². The van der Waals surface area contributed by atoms with Gasteiger partial charge < -0.3 is 20.3 Å². The Bertz CT molecular complexity index is 436. The zero-order valence-corrected chi connectivity index (χ0v) is 10.3. The molecule has 100 valence electrons. The summed E-state index contributed by atoms with van der Waals surface area (Å²) in [5.74, 6) is -2.84. The number of aliphatic carboxylic acids is 1. The third kappa shape index (κ3) is 2.96. The standard InChI is InChI=1S/C12H16FNO4/c1-17-6-7-3-8(9(5-14)12(15)16)11(18-2)10(13)4-7/h3-4,9H,5-6,14H2,1-2H3,(H,15,16). The number of halogens is 1. The van der Waals surface area contributed by atoms with Crippen molar-refractivity contribution in [3.05, 3.63) is 29.1 Å². The monoisotopic (exact) mass is 257 g/mol. The maximum absolute atomic E-state index is 13.8. The van der Waals surface area contributed by atoms with Gasteiger partial charge in [-0.05, 0) is 17.7 Å². The van der Waals surface area contributed by atoms with E-state index in [0.717, 1.165) is 0 Å². The lowest BCUT2D eigenvalue weighted by Crippen LogP contribution is -2.22. The van der Waals surface area contributed by atoms with Gasteiger partial charge in [-0.15, -0.1) is 0 Å². The van der Waals surface area contributed by atoms with Crippen LogP contribution in [0, 0.1) is 5.82 Å². The molecule has 0 bridgehead atoms. The van der Waals surface area contributed by atoms with Gasteiger partial charge in [0.2, 0.25) is 0 Å². The van der Waals surface area contributed by atoms with Crippen LogP contribution >= 0.6 is 0 Å². The van der Waals surface area contributed by atoms with Gasteiger partial charge in [-0.1, -0.05) is 0 Å². The van der Waals surface area contributed by atoms with Gasteiger partial charge in [0.25, 0.3) is 0 Å². The predicted octanol–water partition coefficient (Wildman–Crippen LogP) is 1.11. The number of carboxylic acid groups (broad SMARTS) is 1. The van der Waals surface area contributed by atoms with Crippen molar-refractivity contribution in [2.24, 2.45) is 5.73 Å². The molecule has 0 amide bonds. The number of ether oxygens (including phenoxy) is 2. The SMILES string of the molecule is COCc1cc(F)c(OC)c(C(CN)C(=O)O)c1. The summed E-state index contributed by atoms with van der Waals surface area (Å²) in [6, 6.07) is 2.79. The van der Waals surface area contributed by atoms with Crippen LogP contribution in [0.25, 0.3) is 0 Å². The molecule has 1 rings (SSSR count). The first kappa shape index (κ1) is 14.4. The van der Waals surface area contributed by atoms with E-state index in [2.05, 4.69) is 0 Å². The van der Waals surface area contributed by atoms with Crippen LogP contribution in [0.15, 0.2) is 12.1 Å². The number of rotatable bonds is 6. The van der Waals surface area contributed by atoms with Gasteiger partial charge in [-0.2, -0.15) is 0 Å². The third-order valence-electron chi connectivity index (χ3n) is 2.56. The highest BCUT2D eigenvalue weighted by molar-refractivity contribution is 5.77. The summed E-state index contributed by atoms with van der Waals surface area (Å²) in [5.41, 5.74) is 6.17. The van der Waals surface area contributed by atoms with Crippen molar-refractivity contribution in [1.29, 1.82) is 0 Å². The molecule has 5 nitrogen and oxygen atoms in total. The number of methoxy groups -OCH3 is 2. The average molecular weight is 257 g/mol. The van der Waals surface area contributed by atoms with Crippen LogP contribution in [0.2, 0.25) is 0 Å². The molecule has 1 aromatic rings. The molecule has 0 aliphatic heterocycles. The molecule has 1 aromatic carbocycles. The Morgan fingerprint density at radius 3 is 2.61 bits per heavy atom. The van der Waals surface area contributed by atoms with Crippen molar-refractivity contribution in [1.82, 2.24) is 0 Å². The average Bonchev–Trinajstić information content (AvgIpc) is 2.29. The summed E-state index contributed by atoms with van der Waals surface area (Å²) < 4.78 is 23.6. The first-order valence-electron chi connectivity index (χ1n) is 5.33. The zero-order chi connectivity index (χ0) is 13.7. The molecule has 0 aliphatic rings. The Kier molecular flexibility index (Phi) is 5.06. The molecule has 0 saturated carbocycles. The smallest absolute Gasteiger partial charge is 0.312 e. The largest absolute Gasteiger partial charge is 0.493 e. The van der Waals surface area contributed by atoms with E-state index >= 15 is 0 Å². The number of hydrogen-bond donors (Lipinski definition) is 2. The van der Waals surface area contributed by atoms with Crippen LogP contribution in [0.5, 0.6) is 5.75 Å². The Morgan fingerprint density at radius 1 is 1.50 bits per heavy atom. The molecule has 1 atom stereocenters. The minimum atomic E-state index is -1.12. The second kappa shape index (κ2) is 6.32. The van der Waals surface area contributed by atoms with Crippen LogP contribution in [-0.4, -0.2) is 31.8 Å². The van der Waals surface area contributed by atoms with Crippen LogP contribution < -0.4 is 10.5 Å². The Morgan fingerprint density at radius 2 is 2.17 bits per heavy atom. The van der Waals surface area contributed by atoms with E-state index in [1.807, 2.05) is 0 Å². The van der Waals surface area contributed by atoms with Gasteiger partial charge in [0.15, 0.2) is 11.6 Å². The Balaban J connectivity index is 3.32. The minimum Gasteiger partial charge on any atom is -0.493 e. The highest BCUT2D eigenvalue weighted by Gasteiger charge is 2.24. The van der Waals surface area contributed by atoms with Crippen molar-refractivity contribution in [3.63, 3.8) is 0 Å². The molecule has 1 unspecified atom stereocenters. The van der Waals surface area contributed by atoms with Crippen LogP contribution in [0.3, 0.4) is 0 Å². The summed E-state index contributed by atoms with van der Waals surface area (Å²) in [7, 11) is 2.76. The molecule has 0 aromatic heterocycles. The molecule has 0 spiro atoms. The molecule has 6 heteroatoms. The number of carbonyl (C=O) groups is 1. The van der Waals surface area contributed by atoms with E-state index in [0.29, 0.717) is 5.56 Å². The number of nitrogens with two attached hydrogens (primary N) is 1. The molecular weight excluding hydrogens is 241 g/mol. The molecule has 0 aliphatic carbocycles. The Labute approximate surface area is 104 Å². The number of carboxylic acids is 1. The van der Waals surface area contributed by atoms with Crippen molar-refractivity contribution in [2.75, 3.05) is 20.8 Å². The van der Waals surface area contributed by atoms with E-state index in [4.69, 9.17) is 20.3 Å². The second-order valence-corrected chi connectivity index (χ2v) is 3.76. The maximum Gasteiger partial charge on any atom is 0.312 e. The molecule has 0 fully saturated rings. The van der Waals surface area contributed by atoms with E-state index in [9.17, 15) is 9.18 Å². The van der Waals surface area contributed by atoms with E-state index < -0.39 is 17.7 Å². The van der Waals surface area contributed by atoms with Gasteiger partial charge >= 0.3 is 5.97 Å². The zero-order valence-electron chi connectivity index (χ0n) is 10.3.